The highest BCUT2D eigenvalue weighted by Crippen LogP contribution is 2.23. The van der Waals surface area contributed by atoms with Gasteiger partial charge in [0.1, 0.15) is 0 Å². The number of hydrogen-bond acceptors (Lipinski definition) is 2. The molecule has 3 N–H and O–H groups in total. The highest BCUT2D eigenvalue weighted by molar-refractivity contribution is 14.0. The van der Waals surface area contributed by atoms with E-state index in [9.17, 15) is 4.79 Å². The Balaban J connectivity index is 0.00000280. The molecule has 150 valence electrons. The number of carbonyl (C=O) groups excluding carboxylic acids is 1. The van der Waals surface area contributed by atoms with Crippen LogP contribution in [0.3, 0.4) is 0 Å². The number of rotatable bonds is 6. The van der Waals surface area contributed by atoms with Crippen molar-refractivity contribution in [1.82, 2.24) is 4.90 Å². The Morgan fingerprint density at radius 3 is 2.46 bits per heavy atom. The van der Waals surface area contributed by atoms with Crippen LogP contribution < -0.4 is 11.1 Å². The minimum Gasteiger partial charge on any atom is -0.370 e. The summed E-state index contributed by atoms with van der Waals surface area (Å²) in [5.74, 6) is 1.03. The van der Waals surface area contributed by atoms with E-state index >= 15 is 0 Å². The number of halogens is 1. The van der Waals surface area contributed by atoms with Gasteiger partial charge in [-0.3, -0.25) is 9.79 Å². The van der Waals surface area contributed by atoms with Crippen LogP contribution in [-0.2, 0) is 17.9 Å². The van der Waals surface area contributed by atoms with Gasteiger partial charge in [0.25, 0.3) is 0 Å². The third-order valence-corrected chi connectivity index (χ3v) is 4.85. The summed E-state index contributed by atoms with van der Waals surface area (Å²) in [4.78, 5) is 18.6. The Morgan fingerprint density at radius 2 is 1.82 bits per heavy atom. The average Bonchev–Trinajstić information content (AvgIpc) is 3.09. The number of nitrogens with one attached hydrogen (secondary N) is 1. The predicted molar refractivity (Wildman–Crippen MR) is 126 cm³/mol. The molecule has 1 aliphatic rings. The minimum atomic E-state index is 0. The van der Waals surface area contributed by atoms with Crippen molar-refractivity contribution in [2.75, 3.05) is 11.9 Å². The maximum absolute atomic E-state index is 12.4. The number of carbonyl (C=O) groups is 1. The second kappa shape index (κ2) is 10.5. The van der Waals surface area contributed by atoms with Crippen LogP contribution in [0.4, 0.5) is 5.69 Å². The van der Waals surface area contributed by atoms with Crippen molar-refractivity contribution in [2.45, 2.75) is 45.7 Å². The smallest absolute Gasteiger partial charge is 0.223 e. The number of fused-ring (bicyclic) bond motifs is 1. The molecule has 2 aromatic rings. The lowest BCUT2D eigenvalue weighted by Gasteiger charge is -2.15. The summed E-state index contributed by atoms with van der Waals surface area (Å²) < 4.78 is 0. The molecular formula is C22H29IN4O. The molecule has 6 heteroatoms. The molecule has 0 aliphatic carbocycles. The first-order valence-electron chi connectivity index (χ1n) is 9.54. The van der Waals surface area contributed by atoms with Crippen molar-refractivity contribution < 1.29 is 4.79 Å². The molecule has 0 saturated heterocycles. The molecule has 0 saturated carbocycles. The van der Waals surface area contributed by atoms with Gasteiger partial charge in [0.15, 0.2) is 5.96 Å². The molecule has 1 amide bonds. The van der Waals surface area contributed by atoms with Crippen molar-refractivity contribution in [3.05, 3.63) is 65.2 Å². The van der Waals surface area contributed by atoms with Crippen LogP contribution >= 0.6 is 24.0 Å². The molecule has 1 heterocycles. The number of benzene rings is 2. The van der Waals surface area contributed by atoms with E-state index in [2.05, 4.69) is 48.4 Å². The van der Waals surface area contributed by atoms with Gasteiger partial charge in [-0.2, -0.15) is 0 Å². The summed E-state index contributed by atoms with van der Waals surface area (Å²) >= 11 is 0. The second-order valence-corrected chi connectivity index (χ2v) is 7.29. The van der Waals surface area contributed by atoms with Crippen LogP contribution in [0.1, 0.15) is 49.3 Å². The monoisotopic (exact) mass is 492 g/mol. The lowest BCUT2D eigenvalue weighted by atomic mass is 10.0. The zero-order valence-corrected chi connectivity index (χ0v) is 18.9. The van der Waals surface area contributed by atoms with Gasteiger partial charge in [0.2, 0.25) is 5.91 Å². The third kappa shape index (κ3) is 5.95. The normalized spacial score (nSPS) is 13.2. The zero-order chi connectivity index (χ0) is 19.2. The van der Waals surface area contributed by atoms with Gasteiger partial charge in [0, 0.05) is 31.7 Å². The van der Waals surface area contributed by atoms with Gasteiger partial charge in [-0.15, -0.1) is 24.0 Å². The van der Waals surface area contributed by atoms with E-state index < -0.39 is 0 Å². The van der Waals surface area contributed by atoms with E-state index in [4.69, 9.17) is 5.73 Å². The van der Waals surface area contributed by atoms with Gasteiger partial charge < -0.3 is 16.0 Å². The molecule has 0 spiro atoms. The summed E-state index contributed by atoms with van der Waals surface area (Å²) in [7, 11) is 0. The fourth-order valence-corrected chi connectivity index (χ4v) is 3.26. The minimum absolute atomic E-state index is 0. The lowest BCUT2D eigenvalue weighted by molar-refractivity contribution is -0.131. The lowest BCUT2D eigenvalue weighted by Crippen LogP contribution is -2.25. The second-order valence-electron chi connectivity index (χ2n) is 7.29. The van der Waals surface area contributed by atoms with Crippen LogP contribution in [0.15, 0.2) is 53.5 Å². The summed E-state index contributed by atoms with van der Waals surface area (Å²) in [6, 6.07) is 16.4. The van der Waals surface area contributed by atoms with E-state index in [1.165, 1.54) is 16.7 Å². The number of guanidine groups is 1. The summed E-state index contributed by atoms with van der Waals surface area (Å²) in [6.45, 7) is 6.29. The maximum Gasteiger partial charge on any atom is 0.223 e. The van der Waals surface area contributed by atoms with E-state index in [0.717, 1.165) is 5.69 Å². The van der Waals surface area contributed by atoms with E-state index in [0.29, 0.717) is 44.4 Å². The topological polar surface area (TPSA) is 70.7 Å². The van der Waals surface area contributed by atoms with Crippen LogP contribution in [0.25, 0.3) is 0 Å². The molecule has 1 aliphatic heterocycles. The average molecular weight is 492 g/mol. The quantitative estimate of drug-likeness (QED) is 0.271. The Kier molecular flexibility index (Phi) is 8.29. The molecular weight excluding hydrogens is 463 g/mol. The number of nitrogens with two attached hydrogens (primary N) is 1. The summed E-state index contributed by atoms with van der Waals surface area (Å²) in [5, 5.41) is 3.12. The fourth-order valence-electron chi connectivity index (χ4n) is 3.26. The first-order valence-corrected chi connectivity index (χ1v) is 9.54. The number of amides is 1. The van der Waals surface area contributed by atoms with E-state index in [1.807, 2.05) is 29.2 Å². The van der Waals surface area contributed by atoms with E-state index in [-0.39, 0.29) is 29.9 Å². The van der Waals surface area contributed by atoms with Crippen molar-refractivity contribution >= 4 is 41.5 Å². The van der Waals surface area contributed by atoms with Crippen molar-refractivity contribution in [3.63, 3.8) is 0 Å². The predicted octanol–water partition coefficient (Wildman–Crippen LogP) is 4.48. The Hall–Kier alpha value is -2.09. The van der Waals surface area contributed by atoms with Crippen LogP contribution in [0.2, 0.25) is 0 Å². The number of hydrogen-bond donors (Lipinski definition) is 2. The molecule has 5 nitrogen and oxygen atoms in total. The standard InChI is InChI=1S/C22H28N4O.HI/c1-16(2)17-9-5-10-20(13-17)25-22(23)24-12-6-11-21(27)26-14-18-7-3-4-8-19(18)15-26;/h3-5,7-10,13,16H,6,11-12,14-15H2,1-2H3,(H3,23,24,25);1H. The van der Waals surface area contributed by atoms with Gasteiger partial charge in [-0.25, -0.2) is 0 Å². The van der Waals surface area contributed by atoms with Crippen LogP contribution in [-0.4, -0.2) is 23.3 Å². The summed E-state index contributed by atoms with van der Waals surface area (Å²) in [6.07, 6.45) is 1.19. The number of nitrogens with zero attached hydrogens (tertiary/aromatic N) is 2. The number of anilines is 1. The maximum atomic E-state index is 12.4. The van der Waals surface area contributed by atoms with Crippen LogP contribution in [0.5, 0.6) is 0 Å². The van der Waals surface area contributed by atoms with Gasteiger partial charge in [0.05, 0.1) is 0 Å². The highest BCUT2D eigenvalue weighted by atomic mass is 127. The zero-order valence-electron chi connectivity index (χ0n) is 16.5. The molecule has 0 bridgehead atoms. The van der Waals surface area contributed by atoms with E-state index in [1.54, 1.807) is 0 Å². The SMILES string of the molecule is CC(C)c1cccc(NC(N)=NCCCC(=O)N2Cc3ccccc3C2)c1.I. The highest BCUT2D eigenvalue weighted by Gasteiger charge is 2.22. The molecule has 0 aromatic heterocycles. The van der Waals surface area contributed by atoms with Crippen molar-refractivity contribution in [1.29, 1.82) is 0 Å². The number of aliphatic imine (C=N–C) groups is 1. The Labute approximate surface area is 184 Å². The molecule has 2 aromatic carbocycles. The van der Waals surface area contributed by atoms with Crippen molar-refractivity contribution in [2.24, 2.45) is 10.7 Å². The Bertz CT molecular complexity index is 810. The first-order chi connectivity index (χ1) is 13.0. The largest absolute Gasteiger partial charge is 0.370 e. The van der Waals surface area contributed by atoms with Crippen LogP contribution in [0, 0.1) is 0 Å². The van der Waals surface area contributed by atoms with Gasteiger partial charge in [-0.1, -0.05) is 50.2 Å². The molecule has 0 radical (unpaired) electrons. The molecule has 3 rings (SSSR count). The molecule has 0 fully saturated rings. The molecule has 0 atom stereocenters. The fraction of sp³-hybridized carbons (Fsp3) is 0.364. The third-order valence-electron chi connectivity index (χ3n) is 4.85. The Morgan fingerprint density at radius 1 is 1.14 bits per heavy atom. The first kappa shape index (κ1) is 22.2. The van der Waals surface area contributed by atoms with Gasteiger partial charge >= 0.3 is 0 Å². The molecule has 0 unspecified atom stereocenters. The van der Waals surface area contributed by atoms with Crippen molar-refractivity contribution in [3.8, 4) is 0 Å². The summed E-state index contributed by atoms with van der Waals surface area (Å²) in [5.41, 5.74) is 10.7. The molecule has 28 heavy (non-hydrogen) atoms. The van der Waals surface area contributed by atoms with Gasteiger partial charge in [-0.05, 0) is 41.2 Å².